The molecule has 1 fully saturated rings. The van der Waals surface area contributed by atoms with Crippen molar-refractivity contribution in [3.05, 3.63) is 29.0 Å². The Morgan fingerprint density at radius 3 is 3.19 bits per heavy atom. The number of rotatable bonds is 4. The van der Waals surface area contributed by atoms with Gasteiger partial charge in [0.2, 0.25) is 0 Å². The van der Waals surface area contributed by atoms with E-state index < -0.39 is 0 Å². The molecule has 1 aromatic heterocycles. The molecule has 0 aromatic carbocycles. The number of aromatic nitrogens is 1. The van der Waals surface area contributed by atoms with Gasteiger partial charge in [-0.05, 0) is 11.6 Å². The zero-order valence-electron chi connectivity index (χ0n) is 8.99. The highest BCUT2D eigenvalue weighted by atomic mass is 35.5. The maximum Gasteiger partial charge on any atom is 0.0933 e. The van der Waals surface area contributed by atoms with Crippen molar-refractivity contribution in [2.75, 3.05) is 26.4 Å². The second kappa shape index (κ2) is 6.15. The second-order valence-corrected chi connectivity index (χ2v) is 4.07. The Balaban J connectivity index is 1.73. The van der Waals surface area contributed by atoms with Crippen molar-refractivity contribution in [3.63, 3.8) is 0 Å². The van der Waals surface area contributed by atoms with Crippen LogP contribution in [-0.2, 0) is 16.0 Å². The molecule has 1 unspecified atom stereocenters. The van der Waals surface area contributed by atoms with Crippen molar-refractivity contribution in [1.29, 1.82) is 0 Å². The molecule has 0 spiro atoms. The fraction of sp³-hybridized carbons (Fsp3) is 0.545. The van der Waals surface area contributed by atoms with Gasteiger partial charge in [-0.3, -0.25) is 4.98 Å². The number of nitrogens with zero attached hydrogens (tertiary/aromatic N) is 1. The summed E-state index contributed by atoms with van der Waals surface area (Å²) in [6.07, 6.45) is 3.54. The number of nitrogens with one attached hydrogen (secondary N) is 1. The fourth-order valence-electron chi connectivity index (χ4n) is 1.57. The van der Waals surface area contributed by atoms with E-state index in [-0.39, 0.29) is 6.10 Å². The van der Waals surface area contributed by atoms with Crippen LogP contribution < -0.4 is 5.32 Å². The first-order chi connectivity index (χ1) is 7.86. The Kier molecular flexibility index (Phi) is 4.54. The van der Waals surface area contributed by atoms with E-state index in [2.05, 4.69) is 10.3 Å². The van der Waals surface area contributed by atoms with Gasteiger partial charge in [0.05, 0.1) is 30.9 Å². The van der Waals surface area contributed by atoms with Gasteiger partial charge in [0.1, 0.15) is 0 Å². The lowest BCUT2D eigenvalue weighted by Gasteiger charge is -2.23. The summed E-state index contributed by atoms with van der Waals surface area (Å²) in [5, 5.41) is 3.99. The third kappa shape index (κ3) is 3.42. The standard InChI is InChI=1S/C11H15ClN2O2/c12-11-7-13-2-1-9(11)5-14-6-10-8-15-3-4-16-10/h1-2,7,10,14H,3-6,8H2. The first-order valence-corrected chi connectivity index (χ1v) is 5.72. The van der Waals surface area contributed by atoms with Gasteiger partial charge in [0.25, 0.3) is 0 Å². The molecule has 2 rings (SSSR count). The first-order valence-electron chi connectivity index (χ1n) is 5.34. The van der Waals surface area contributed by atoms with Gasteiger partial charge in [0, 0.05) is 25.5 Å². The van der Waals surface area contributed by atoms with Crippen LogP contribution in [0.3, 0.4) is 0 Å². The predicted molar refractivity (Wildman–Crippen MR) is 61.5 cm³/mol. The molecule has 4 nitrogen and oxygen atoms in total. The molecule has 1 aromatic rings. The number of pyridine rings is 1. The molecule has 2 heterocycles. The minimum Gasteiger partial charge on any atom is -0.376 e. The van der Waals surface area contributed by atoms with Gasteiger partial charge in [-0.2, -0.15) is 0 Å². The summed E-state index contributed by atoms with van der Waals surface area (Å²) in [6.45, 7) is 3.55. The van der Waals surface area contributed by atoms with Crippen molar-refractivity contribution >= 4 is 11.6 Å². The topological polar surface area (TPSA) is 43.4 Å². The van der Waals surface area contributed by atoms with Crippen molar-refractivity contribution in [2.45, 2.75) is 12.6 Å². The summed E-state index contributed by atoms with van der Waals surface area (Å²) < 4.78 is 10.8. The van der Waals surface area contributed by atoms with E-state index in [4.69, 9.17) is 21.1 Å². The molecule has 1 saturated heterocycles. The monoisotopic (exact) mass is 242 g/mol. The van der Waals surface area contributed by atoms with Crippen LogP contribution in [0.25, 0.3) is 0 Å². The Bertz CT molecular complexity index is 330. The zero-order valence-corrected chi connectivity index (χ0v) is 9.74. The lowest BCUT2D eigenvalue weighted by Crippen LogP contribution is -2.37. The smallest absolute Gasteiger partial charge is 0.0933 e. The number of hydrogen-bond acceptors (Lipinski definition) is 4. The molecular formula is C11H15ClN2O2. The molecule has 16 heavy (non-hydrogen) atoms. The Morgan fingerprint density at radius 2 is 2.44 bits per heavy atom. The van der Waals surface area contributed by atoms with Crippen LogP contribution in [0.1, 0.15) is 5.56 Å². The summed E-state index contributed by atoms with van der Waals surface area (Å²) in [5.41, 5.74) is 1.05. The van der Waals surface area contributed by atoms with E-state index in [1.54, 1.807) is 12.4 Å². The lowest BCUT2D eigenvalue weighted by molar-refractivity contribution is -0.0864. The van der Waals surface area contributed by atoms with Crippen LogP contribution in [0.4, 0.5) is 0 Å². The van der Waals surface area contributed by atoms with Crippen LogP contribution in [0.15, 0.2) is 18.5 Å². The Hall–Kier alpha value is -0.680. The molecule has 0 radical (unpaired) electrons. The molecule has 88 valence electrons. The van der Waals surface area contributed by atoms with Crippen LogP contribution in [-0.4, -0.2) is 37.5 Å². The minimum atomic E-state index is 0.148. The molecule has 0 saturated carbocycles. The Morgan fingerprint density at radius 1 is 1.50 bits per heavy atom. The van der Waals surface area contributed by atoms with E-state index in [1.807, 2.05) is 6.07 Å². The summed E-state index contributed by atoms with van der Waals surface area (Å²) in [7, 11) is 0. The molecule has 1 N–H and O–H groups in total. The van der Waals surface area contributed by atoms with E-state index in [0.717, 1.165) is 18.7 Å². The molecule has 5 heteroatoms. The fourth-order valence-corrected chi connectivity index (χ4v) is 1.76. The number of halogens is 1. The minimum absolute atomic E-state index is 0.148. The quantitative estimate of drug-likeness (QED) is 0.863. The average Bonchev–Trinajstić information content (AvgIpc) is 2.33. The average molecular weight is 243 g/mol. The third-order valence-corrected chi connectivity index (χ3v) is 2.77. The van der Waals surface area contributed by atoms with Crippen molar-refractivity contribution in [2.24, 2.45) is 0 Å². The number of ether oxygens (including phenoxy) is 2. The normalized spacial score (nSPS) is 20.9. The van der Waals surface area contributed by atoms with Crippen molar-refractivity contribution < 1.29 is 9.47 Å². The summed E-state index contributed by atoms with van der Waals surface area (Å²) >= 11 is 5.99. The summed E-state index contributed by atoms with van der Waals surface area (Å²) in [5.74, 6) is 0. The zero-order chi connectivity index (χ0) is 11.2. The third-order valence-electron chi connectivity index (χ3n) is 2.43. The summed E-state index contributed by atoms with van der Waals surface area (Å²) in [4.78, 5) is 3.94. The maximum atomic E-state index is 5.99. The highest BCUT2D eigenvalue weighted by Gasteiger charge is 2.13. The van der Waals surface area contributed by atoms with Gasteiger partial charge in [-0.25, -0.2) is 0 Å². The van der Waals surface area contributed by atoms with E-state index in [1.165, 1.54) is 0 Å². The van der Waals surface area contributed by atoms with Gasteiger partial charge < -0.3 is 14.8 Å². The molecular weight excluding hydrogens is 228 g/mol. The van der Waals surface area contributed by atoms with E-state index in [0.29, 0.717) is 24.8 Å². The molecule has 1 aliphatic heterocycles. The van der Waals surface area contributed by atoms with Crippen LogP contribution >= 0.6 is 11.6 Å². The Labute approximate surface area is 99.9 Å². The highest BCUT2D eigenvalue weighted by molar-refractivity contribution is 6.31. The van der Waals surface area contributed by atoms with Crippen LogP contribution in [0.5, 0.6) is 0 Å². The SMILES string of the molecule is Clc1cnccc1CNCC1COCCO1. The predicted octanol–water partition coefficient (Wildman–Crippen LogP) is 1.24. The van der Waals surface area contributed by atoms with Crippen LogP contribution in [0, 0.1) is 0 Å². The first kappa shape index (κ1) is 11.8. The molecule has 1 atom stereocenters. The number of hydrogen-bond donors (Lipinski definition) is 1. The molecule has 0 bridgehead atoms. The second-order valence-electron chi connectivity index (χ2n) is 3.67. The maximum absolute atomic E-state index is 5.99. The van der Waals surface area contributed by atoms with Gasteiger partial charge in [-0.15, -0.1) is 0 Å². The van der Waals surface area contributed by atoms with Crippen LogP contribution in [0.2, 0.25) is 5.02 Å². The van der Waals surface area contributed by atoms with E-state index >= 15 is 0 Å². The highest BCUT2D eigenvalue weighted by Crippen LogP contribution is 2.12. The van der Waals surface area contributed by atoms with Gasteiger partial charge in [0.15, 0.2) is 0 Å². The van der Waals surface area contributed by atoms with Gasteiger partial charge >= 0.3 is 0 Å². The van der Waals surface area contributed by atoms with E-state index in [9.17, 15) is 0 Å². The molecule has 0 amide bonds. The molecule has 0 aliphatic carbocycles. The van der Waals surface area contributed by atoms with Gasteiger partial charge in [-0.1, -0.05) is 11.6 Å². The van der Waals surface area contributed by atoms with Crippen molar-refractivity contribution in [1.82, 2.24) is 10.3 Å². The van der Waals surface area contributed by atoms with Crippen molar-refractivity contribution in [3.8, 4) is 0 Å². The lowest BCUT2D eigenvalue weighted by atomic mass is 10.2. The largest absolute Gasteiger partial charge is 0.376 e. The molecule has 1 aliphatic rings. The summed E-state index contributed by atoms with van der Waals surface area (Å²) in [6, 6.07) is 1.91.